The first-order valence-corrected chi connectivity index (χ1v) is 6.66. The first-order valence-electron chi connectivity index (χ1n) is 6.66. The zero-order chi connectivity index (χ0) is 12.5. The number of hydrogen-bond acceptors (Lipinski definition) is 1. The van der Waals surface area contributed by atoms with Crippen LogP contribution in [0.25, 0.3) is 11.1 Å². The Hall–Kier alpha value is -1.76. The van der Waals surface area contributed by atoms with Crippen LogP contribution < -0.4 is 0 Å². The fourth-order valence-electron chi connectivity index (χ4n) is 2.75. The number of hydrogen-bond donors (Lipinski definition) is 1. The predicted octanol–water partition coefficient (Wildman–Crippen LogP) is 4.25. The maximum Gasteiger partial charge on any atom is 0.118 e. The SMILES string of the molecule is Cc1cc(-c2ccc3c(c2)CCCC3)ccc1O. The van der Waals surface area contributed by atoms with E-state index in [2.05, 4.69) is 24.3 Å². The van der Waals surface area contributed by atoms with Crippen LogP contribution in [0.4, 0.5) is 0 Å². The summed E-state index contributed by atoms with van der Waals surface area (Å²) in [5, 5.41) is 9.58. The second kappa shape index (κ2) is 4.49. The highest BCUT2D eigenvalue weighted by molar-refractivity contribution is 5.67. The van der Waals surface area contributed by atoms with Crippen molar-refractivity contribution in [3.8, 4) is 16.9 Å². The molecule has 0 amide bonds. The summed E-state index contributed by atoms with van der Waals surface area (Å²) >= 11 is 0. The summed E-state index contributed by atoms with van der Waals surface area (Å²) in [5.74, 6) is 0.372. The van der Waals surface area contributed by atoms with Crippen molar-refractivity contribution in [3.63, 3.8) is 0 Å². The molecule has 3 rings (SSSR count). The van der Waals surface area contributed by atoms with Crippen molar-refractivity contribution in [2.75, 3.05) is 0 Å². The van der Waals surface area contributed by atoms with Crippen LogP contribution in [-0.2, 0) is 12.8 Å². The van der Waals surface area contributed by atoms with Gasteiger partial charge in [-0.05, 0) is 72.6 Å². The van der Waals surface area contributed by atoms with Crippen LogP contribution in [-0.4, -0.2) is 5.11 Å². The normalized spacial score (nSPS) is 14.3. The maximum atomic E-state index is 9.58. The molecular formula is C17H18O. The highest BCUT2D eigenvalue weighted by Gasteiger charge is 2.10. The number of benzene rings is 2. The molecule has 0 heterocycles. The molecule has 0 saturated heterocycles. The standard InChI is InChI=1S/C17H18O/c1-12-10-15(8-9-17(12)18)16-7-6-13-4-2-3-5-14(13)11-16/h6-11,18H,2-5H2,1H3. The van der Waals surface area contributed by atoms with E-state index in [4.69, 9.17) is 0 Å². The lowest BCUT2D eigenvalue weighted by Crippen LogP contribution is -2.02. The predicted molar refractivity (Wildman–Crippen MR) is 74.9 cm³/mol. The molecule has 0 bridgehead atoms. The van der Waals surface area contributed by atoms with Gasteiger partial charge in [-0.15, -0.1) is 0 Å². The Morgan fingerprint density at radius 2 is 1.50 bits per heavy atom. The zero-order valence-corrected chi connectivity index (χ0v) is 10.7. The lowest BCUT2D eigenvalue weighted by molar-refractivity contribution is 0.471. The number of phenolic OH excluding ortho intramolecular Hbond substituents is 1. The van der Waals surface area contributed by atoms with Gasteiger partial charge in [-0.25, -0.2) is 0 Å². The minimum absolute atomic E-state index is 0.372. The molecule has 18 heavy (non-hydrogen) atoms. The van der Waals surface area contributed by atoms with E-state index in [1.54, 1.807) is 6.07 Å². The van der Waals surface area contributed by atoms with Gasteiger partial charge in [0.2, 0.25) is 0 Å². The molecule has 0 saturated carbocycles. The molecule has 1 nitrogen and oxygen atoms in total. The third-order valence-corrected chi connectivity index (χ3v) is 3.88. The number of fused-ring (bicyclic) bond motifs is 1. The van der Waals surface area contributed by atoms with Crippen molar-refractivity contribution >= 4 is 0 Å². The van der Waals surface area contributed by atoms with Crippen molar-refractivity contribution in [3.05, 3.63) is 53.1 Å². The van der Waals surface area contributed by atoms with Crippen molar-refractivity contribution in [2.45, 2.75) is 32.6 Å². The van der Waals surface area contributed by atoms with Crippen molar-refractivity contribution in [1.82, 2.24) is 0 Å². The fourth-order valence-corrected chi connectivity index (χ4v) is 2.75. The average molecular weight is 238 g/mol. The van der Waals surface area contributed by atoms with E-state index in [1.807, 2.05) is 13.0 Å². The van der Waals surface area contributed by atoms with Gasteiger partial charge in [0, 0.05) is 0 Å². The third kappa shape index (κ3) is 2.01. The van der Waals surface area contributed by atoms with E-state index >= 15 is 0 Å². The van der Waals surface area contributed by atoms with Gasteiger partial charge in [0.15, 0.2) is 0 Å². The van der Waals surface area contributed by atoms with Crippen LogP contribution in [0.3, 0.4) is 0 Å². The molecule has 2 aromatic rings. The van der Waals surface area contributed by atoms with Gasteiger partial charge in [-0.1, -0.05) is 24.3 Å². The minimum Gasteiger partial charge on any atom is -0.508 e. The van der Waals surface area contributed by atoms with Crippen LogP contribution in [0.1, 0.15) is 29.5 Å². The number of rotatable bonds is 1. The van der Waals surface area contributed by atoms with Gasteiger partial charge < -0.3 is 5.11 Å². The van der Waals surface area contributed by atoms with Gasteiger partial charge in [0.25, 0.3) is 0 Å². The fraction of sp³-hybridized carbons (Fsp3) is 0.294. The quantitative estimate of drug-likeness (QED) is 0.787. The molecule has 0 unspecified atom stereocenters. The summed E-state index contributed by atoms with van der Waals surface area (Å²) in [4.78, 5) is 0. The Bertz CT molecular complexity index is 584. The lowest BCUT2D eigenvalue weighted by Gasteiger charge is -2.16. The van der Waals surface area contributed by atoms with E-state index in [0.717, 1.165) is 5.56 Å². The molecular weight excluding hydrogens is 220 g/mol. The Kier molecular flexibility index (Phi) is 2.83. The lowest BCUT2D eigenvalue weighted by atomic mass is 9.89. The van der Waals surface area contributed by atoms with Gasteiger partial charge in [0.05, 0.1) is 0 Å². The zero-order valence-electron chi connectivity index (χ0n) is 10.7. The molecule has 0 spiro atoms. The summed E-state index contributed by atoms with van der Waals surface area (Å²) in [7, 11) is 0. The summed E-state index contributed by atoms with van der Waals surface area (Å²) in [5.41, 5.74) is 6.41. The Morgan fingerprint density at radius 3 is 2.28 bits per heavy atom. The Labute approximate surface area is 108 Å². The average Bonchev–Trinajstić information content (AvgIpc) is 2.41. The maximum absolute atomic E-state index is 9.58. The minimum atomic E-state index is 0.372. The third-order valence-electron chi connectivity index (χ3n) is 3.88. The highest BCUT2D eigenvalue weighted by Crippen LogP contribution is 2.29. The number of aryl methyl sites for hydroxylation is 3. The molecule has 1 aliphatic carbocycles. The van der Waals surface area contributed by atoms with Gasteiger partial charge in [0.1, 0.15) is 5.75 Å². The van der Waals surface area contributed by atoms with Crippen LogP contribution in [0.15, 0.2) is 36.4 Å². The molecule has 0 aliphatic heterocycles. The molecule has 1 aliphatic rings. The molecule has 0 radical (unpaired) electrons. The van der Waals surface area contributed by atoms with Crippen LogP contribution in [0.5, 0.6) is 5.75 Å². The molecule has 1 N–H and O–H groups in total. The molecule has 92 valence electrons. The summed E-state index contributed by atoms with van der Waals surface area (Å²) in [6.45, 7) is 1.94. The highest BCUT2D eigenvalue weighted by atomic mass is 16.3. The molecule has 0 aromatic heterocycles. The van der Waals surface area contributed by atoms with Crippen LogP contribution >= 0.6 is 0 Å². The molecule has 0 fully saturated rings. The Morgan fingerprint density at radius 1 is 0.833 bits per heavy atom. The Balaban J connectivity index is 2.03. The smallest absolute Gasteiger partial charge is 0.118 e. The molecule has 2 aromatic carbocycles. The second-order valence-electron chi connectivity index (χ2n) is 5.19. The monoisotopic (exact) mass is 238 g/mol. The van der Waals surface area contributed by atoms with Crippen molar-refractivity contribution < 1.29 is 5.11 Å². The molecule has 0 atom stereocenters. The van der Waals surface area contributed by atoms with Crippen LogP contribution in [0.2, 0.25) is 0 Å². The van der Waals surface area contributed by atoms with E-state index in [0.29, 0.717) is 5.75 Å². The van der Waals surface area contributed by atoms with Gasteiger partial charge >= 0.3 is 0 Å². The van der Waals surface area contributed by atoms with Crippen molar-refractivity contribution in [1.29, 1.82) is 0 Å². The van der Waals surface area contributed by atoms with E-state index < -0.39 is 0 Å². The number of aromatic hydroxyl groups is 1. The van der Waals surface area contributed by atoms with E-state index in [1.165, 1.54) is 47.9 Å². The number of phenols is 1. The van der Waals surface area contributed by atoms with Gasteiger partial charge in [-0.3, -0.25) is 0 Å². The van der Waals surface area contributed by atoms with Crippen LogP contribution in [0, 0.1) is 6.92 Å². The molecule has 1 heteroatoms. The topological polar surface area (TPSA) is 20.2 Å². The first-order chi connectivity index (χ1) is 8.74. The second-order valence-corrected chi connectivity index (χ2v) is 5.19. The van der Waals surface area contributed by atoms with Crippen molar-refractivity contribution in [2.24, 2.45) is 0 Å². The first kappa shape index (κ1) is 11.3. The summed E-state index contributed by atoms with van der Waals surface area (Å²) < 4.78 is 0. The summed E-state index contributed by atoms with van der Waals surface area (Å²) in [6.07, 6.45) is 5.07. The van der Waals surface area contributed by atoms with Gasteiger partial charge in [-0.2, -0.15) is 0 Å². The van der Waals surface area contributed by atoms with E-state index in [9.17, 15) is 5.11 Å². The largest absolute Gasteiger partial charge is 0.508 e. The van der Waals surface area contributed by atoms with E-state index in [-0.39, 0.29) is 0 Å². The summed E-state index contributed by atoms with van der Waals surface area (Å²) in [6, 6.07) is 12.6.